The molecule has 0 aliphatic rings. The maximum atomic E-state index is 3.57. The van der Waals surface area contributed by atoms with Gasteiger partial charge in [0, 0.05) is 12.1 Å². The van der Waals surface area contributed by atoms with Crippen molar-refractivity contribution in [3.8, 4) is 0 Å². The third-order valence-corrected chi connectivity index (χ3v) is 3.76. The fourth-order valence-electron chi connectivity index (χ4n) is 2.47. The van der Waals surface area contributed by atoms with Gasteiger partial charge < -0.3 is 10.2 Å². The Hall–Kier alpha value is -0.0800. The number of hydrogen-bond donors (Lipinski definition) is 1. The molecule has 1 unspecified atom stereocenters. The summed E-state index contributed by atoms with van der Waals surface area (Å²) in [5, 5.41) is 3.57. The lowest BCUT2D eigenvalue weighted by atomic mass is 10.1. The maximum Gasteiger partial charge on any atom is 0.00647 e. The molecular weight excluding hydrogens is 220 g/mol. The van der Waals surface area contributed by atoms with Gasteiger partial charge in [-0.25, -0.2) is 0 Å². The molecule has 0 aromatic heterocycles. The zero-order valence-corrected chi connectivity index (χ0v) is 13.5. The van der Waals surface area contributed by atoms with E-state index in [9.17, 15) is 0 Å². The van der Waals surface area contributed by atoms with E-state index in [-0.39, 0.29) is 0 Å². The topological polar surface area (TPSA) is 15.3 Å². The number of hydrogen-bond acceptors (Lipinski definition) is 2. The fourth-order valence-corrected chi connectivity index (χ4v) is 2.47. The largest absolute Gasteiger partial charge is 0.314 e. The smallest absolute Gasteiger partial charge is 0.00647 e. The van der Waals surface area contributed by atoms with Gasteiger partial charge in [0.1, 0.15) is 0 Å². The first-order chi connectivity index (χ1) is 8.65. The van der Waals surface area contributed by atoms with Crippen molar-refractivity contribution in [1.29, 1.82) is 0 Å². The highest BCUT2D eigenvalue weighted by Crippen LogP contribution is 2.08. The number of unbranched alkanes of at least 4 members (excludes halogenated alkanes) is 2. The normalized spacial score (nSPS) is 13.5. The van der Waals surface area contributed by atoms with E-state index in [0.29, 0.717) is 6.04 Å². The second kappa shape index (κ2) is 12.0. The molecule has 0 aromatic carbocycles. The van der Waals surface area contributed by atoms with Crippen LogP contribution in [0.25, 0.3) is 0 Å². The van der Waals surface area contributed by atoms with Gasteiger partial charge in [-0.3, -0.25) is 0 Å². The first-order valence-corrected chi connectivity index (χ1v) is 8.13. The van der Waals surface area contributed by atoms with Crippen molar-refractivity contribution in [2.24, 2.45) is 0 Å². The van der Waals surface area contributed by atoms with Crippen LogP contribution in [-0.4, -0.2) is 36.6 Å². The van der Waals surface area contributed by atoms with E-state index in [1.807, 2.05) is 0 Å². The van der Waals surface area contributed by atoms with Crippen molar-refractivity contribution in [1.82, 2.24) is 10.2 Å². The van der Waals surface area contributed by atoms with Gasteiger partial charge in [0.2, 0.25) is 0 Å². The minimum absolute atomic E-state index is 0.695. The Labute approximate surface area is 116 Å². The van der Waals surface area contributed by atoms with E-state index in [4.69, 9.17) is 0 Å². The minimum atomic E-state index is 0.695. The van der Waals surface area contributed by atoms with Gasteiger partial charge >= 0.3 is 0 Å². The van der Waals surface area contributed by atoms with E-state index in [0.717, 1.165) is 12.6 Å². The van der Waals surface area contributed by atoms with Gasteiger partial charge in [-0.15, -0.1) is 0 Å². The summed E-state index contributed by atoms with van der Waals surface area (Å²) in [4.78, 5) is 2.65. The van der Waals surface area contributed by atoms with Crippen molar-refractivity contribution >= 4 is 0 Å². The van der Waals surface area contributed by atoms with Crippen LogP contribution >= 0.6 is 0 Å². The van der Waals surface area contributed by atoms with Gasteiger partial charge in [-0.05, 0) is 59.2 Å². The monoisotopic (exact) mass is 256 g/mol. The molecule has 0 aromatic rings. The molecule has 0 aliphatic carbocycles. The molecule has 18 heavy (non-hydrogen) atoms. The van der Waals surface area contributed by atoms with Crippen molar-refractivity contribution in [3.63, 3.8) is 0 Å². The summed E-state index contributed by atoms with van der Waals surface area (Å²) in [5.74, 6) is 0. The highest BCUT2D eigenvalue weighted by Gasteiger charge is 2.10. The molecule has 110 valence electrons. The van der Waals surface area contributed by atoms with Gasteiger partial charge in [0.25, 0.3) is 0 Å². The summed E-state index contributed by atoms with van der Waals surface area (Å²) in [7, 11) is 0. The zero-order chi connectivity index (χ0) is 13.8. The van der Waals surface area contributed by atoms with Crippen molar-refractivity contribution in [3.05, 3.63) is 0 Å². The summed E-state index contributed by atoms with van der Waals surface area (Å²) < 4.78 is 0. The fraction of sp³-hybridized carbons (Fsp3) is 1.00. The molecule has 1 atom stereocenters. The minimum Gasteiger partial charge on any atom is -0.314 e. The van der Waals surface area contributed by atoms with Crippen LogP contribution in [0.2, 0.25) is 0 Å². The molecule has 0 fully saturated rings. The summed E-state index contributed by atoms with van der Waals surface area (Å²) in [6.45, 7) is 15.1. The second-order valence-corrected chi connectivity index (χ2v) is 5.64. The molecule has 0 saturated heterocycles. The lowest BCUT2D eigenvalue weighted by Gasteiger charge is -2.27. The lowest BCUT2D eigenvalue weighted by molar-refractivity contribution is 0.209. The van der Waals surface area contributed by atoms with Crippen LogP contribution in [0.4, 0.5) is 0 Å². The van der Waals surface area contributed by atoms with E-state index < -0.39 is 0 Å². The van der Waals surface area contributed by atoms with Crippen molar-refractivity contribution in [2.75, 3.05) is 19.6 Å². The molecule has 0 aliphatic heterocycles. The predicted molar refractivity (Wildman–Crippen MR) is 83.2 cm³/mol. The SMILES string of the molecule is CCCCCN(CCCC(CC)NCC)C(C)C. The highest BCUT2D eigenvalue weighted by molar-refractivity contribution is 4.68. The van der Waals surface area contributed by atoms with Crippen LogP contribution in [0.3, 0.4) is 0 Å². The highest BCUT2D eigenvalue weighted by atomic mass is 15.1. The predicted octanol–water partition coefficient (Wildman–Crippen LogP) is 4.06. The molecule has 0 bridgehead atoms. The summed E-state index contributed by atoms with van der Waals surface area (Å²) in [6, 6.07) is 1.42. The molecular formula is C16H36N2. The Morgan fingerprint density at radius 3 is 2.11 bits per heavy atom. The first kappa shape index (κ1) is 17.9. The molecule has 0 rings (SSSR count). The van der Waals surface area contributed by atoms with Crippen molar-refractivity contribution < 1.29 is 0 Å². The molecule has 1 N–H and O–H groups in total. The third-order valence-electron chi connectivity index (χ3n) is 3.76. The van der Waals surface area contributed by atoms with E-state index >= 15 is 0 Å². The summed E-state index contributed by atoms with van der Waals surface area (Å²) >= 11 is 0. The van der Waals surface area contributed by atoms with Crippen LogP contribution in [0, 0.1) is 0 Å². The molecule has 0 saturated carbocycles. The molecule has 2 heteroatoms. The first-order valence-electron chi connectivity index (χ1n) is 8.13. The zero-order valence-electron chi connectivity index (χ0n) is 13.5. The van der Waals surface area contributed by atoms with E-state index in [1.54, 1.807) is 0 Å². The Kier molecular flexibility index (Phi) is 11.9. The standard InChI is InChI=1S/C16H36N2/c1-6-9-10-13-18(15(4)5)14-11-12-16(7-2)17-8-3/h15-17H,6-14H2,1-5H3. The average molecular weight is 256 g/mol. The average Bonchev–Trinajstić information content (AvgIpc) is 2.35. The van der Waals surface area contributed by atoms with Crippen LogP contribution in [0.1, 0.15) is 73.1 Å². The lowest BCUT2D eigenvalue weighted by Crippen LogP contribution is -2.34. The van der Waals surface area contributed by atoms with Crippen molar-refractivity contribution in [2.45, 2.75) is 85.2 Å². The second-order valence-electron chi connectivity index (χ2n) is 5.64. The Morgan fingerprint density at radius 2 is 1.61 bits per heavy atom. The Balaban J connectivity index is 3.81. The molecule has 0 heterocycles. The Morgan fingerprint density at radius 1 is 0.944 bits per heavy atom. The van der Waals surface area contributed by atoms with Gasteiger partial charge in [0.15, 0.2) is 0 Å². The molecule has 0 spiro atoms. The third kappa shape index (κ3) is 8.93. The summed E-state index contributed by atoms with van der Waals surface area (Å²) in [5.41, 5.74) is 0. The van der Waals surface area contributed by atoms with E-state index in [1.165, 1.54) is 51.6 Å². The van der Waals surface area contributed by atoms with Gasteiger partial charge in [-0.1, -0.05) is 33.6 Å². The van der Waals surface area contributed by atoms with Gasteiger partial charge in [-0.2, -0.15) is 0 Å². The van der Waals surface area contributed by atoms with Crippen LogP contribution < -0.4 is 5.32 Å². The number of nitrogens with one attached hydrogen (secondary N) is 1. The number of rotatable bonds is 12. The van der Waals surface area contributed by atoms with Gasteiger partial charge in [0.05, 0.1) is 0 Å². The molecule has 0 amide bonds. The molecule has 0 radical (unpaired) electrons. The van der Waals surface area contributed by atoms with Crippen LogP contribution in [-0.2, 0) is 0 Å². The maximum absolute atomic E-state index is 3.57. The van der Waals surface area contributed by atoms with E-state index in [2.05, 4.69) is 44.8 Å². The quantitative estimate of drug-likeness (QED) is 0.530. The molecule has 2 nitrogen and oxygen atoms in total. The Bertz CT molecular complexity index is 168. The van der Waals surface area contributed by atoms with Crippen LogP contribution in [0.15, 0.2) is 0 Å². The number of nitrogens with zero attached hydrogens (tertiary/aromatic N) is 1. The van der Waals surface area contributed by atoms with Crippen LogP contribution in [0.5, 0.6) is 0 Å². The summed E-state index contributed by atoms with van der Waals surface area (Å²) in [6.07, 6.45) is 7.96.